The minimum atomic E-state index is 0.395. The third-order valence-electron chi connectivity index (χ3n) is 4.07. The van der Waals surface area contributed by atoms with Crippen LogP contribution in [0.25, 0.3) is 0 Å². The maximum absolute atomic E-state index is 4.45. The monoisotopic (exact) mass is 266 g/mol. The van der Waals surface area contributed by atoms with E-state index < -0.39 is 0 Å². The van der Waals surface area contributed by atoms with Crippen molar-refractivity contribution in [2.75, 3.05) is 18.1 Å². The van der Waals surface area contributed by atoms with Crippen LogP contribution < -0.4 is 5.32 Å². The van der Waals surface area contributed by atoms with Gasteiger partial charge in [-0.05, 0) is 19.8 Å². The molecule has 1 saturated carbocycles. The normalized spacial score (nSPS) is 26.4. The Labute approximate surface area is 113 Å². The van der Waals surface area contributed by atoms with Crippen LogP contribution in [0.5, 0.6) is 0 Å². The zero-order valence-electron chi connectivity index (χ0n) is 11.1. The zero-order chi connectivity index (χ0) is 12.4. The van der Waals surface area contributed by atoms with Crippen molar-refractivity contribution < 1.29 is 0 Å². The van der Waals surface area contributed by atoms with Crippen molar-refractivity contribution in [1.29, 1.82) is 0 Å². The van der Waals surface area contributed by atoms with Crippen molar-refractivity contribution in [3.63, 3.8) is 0 Å². The summed E-state index contributed by atoms with van der Waals surface area (Å²) in [5.74, 6) is 4.61. The highest BCUT2D eigenvalue weighted by molar-refractivity contribution is 7.99. The predicted molar refractivity (Wildman–Crippen MR) is 74.9 cm³/mol. The number of hydrogen-bond donors (Lipinski definition) is 1. The van der Waals surface area contributed by atoms with Gasteiger partial charge in [-0.3, -0.25) is 0 Å². The quantitative estimate of drug-likeness (QED) is 0.893. The third-order valence-corrected chi connectivity index (χ3v) is 5.13. The molecule has 1 aliphatic heterocycles. The van der Waals surface area contributed by atoms with E-state index in [-0.39, 0.29) is 0 Å². The van der Waals surface area contributed by atoms with Crippen molar-refractivity contribution in [1.82, 2.24) is 20.1 Å². The van der Waals surface area contributed by atoms with Gasteiger partial charge in [-0.25, -0.2) is 0 Å². The van der Waals surface area contributed by atoms with Gasteiger partial charge in [0.1, 0.15) is 5.82 Å². The van der Waals surface area contributed by atoms with Gasteiger partial charge in [-0.15, -0.1) is 10.2 Å². The molecule has 4 nitrogen and oxygen atoms in total. The Kier molecular flexibility index (Phi) is 3.89. The molecule has 2 fully saturated rings. The van der Waals surface area contributed by atoms with Crippen molar-refractivity contribution in [2.45, 2.75) is 51.1 Å². The first-order chi connectivity index (χ1) is 8.86. The lowest BCUT2D eigenvalue weighted by molar-refractivity contribution is 0.332. The van der Waals surface area contributed by atoms with Crippen LogP contribution in [0.2, 0.25) is 0 Å². The van der Waals surface area contributed by atoms with Gasteiger partial charge in [0, 0.05) is 24.1 Å². The summed E-state index contributed by atoms with van der Waals surface area (Å²) in [6, 6.07) is 1.03. The smallest absolute Gasteiger partial charge is 0.151 e. The van der Waals surface area contributed by atoms with E-state index in [1.165, 1.54) is 43.7 Å². The van der Waals surface area contributed by atoms with E-state index in [1.54, 1.807) is 0 Å². The molecule has 2 heterocycles. The maximum atomic E-state index is 4.45. The molecule has 1 atom stereocenters. The van der Waals surface area contributed by atoms with Gasteiger partial charge < -0.3 is 9.88 Å². The fourth-order valence-electron chi connectivity index (χ4n) is 3.15. The molecule has 1 aromatic heterocycles. The van der Waals surface area contributed by atoms with E-state index in [2.05, 4.69) is 27.0 Å². The average Bonchev–Trinajstić information content (AvgIpc) is 2.83. The van der Waals surface area contributed by atoms with Gasteiger partial charge in [-0.2, -0.15) is 11.8 Å². The zero-order valence-corrected chi connectivity index (χ0v) is 11.9. The van der Waals surface area contributed by atoms with E-state index in [0.29, 0.717) is 12.1 Å². The summed E-state index contributed by atoms with van der Waals surface area (Å²) in [7, 11) is 0. The Balaban J connectivity index is 1.85. The molecule has 0 spiro atoms. The number of nitrogens with zero attached hydrogens (tertiary/aromatic N) is 3. The number of hydrogen-bond acceptors (Lipinski definition) is 4. The van der Waals surface area contributed by atoms with Gasteiger partial charge in [0.25, 0.3) is 0 Å². The van der Waals surface area contributed by atoms with E-state index in [0.717, 1.165) is 18.1 Å². The van der Waals surface area contributed by atoms with Crippen LogP contribution in [0, 0.1) is 6.92 Å². The summed E-state index contributed by atoms with van der Waals surface area (Å²) in [6.07, 6.45) is 6.70. The molecule has 2 aliphatic rings. The molecule has 0 aromatic carbocycles. The molecular formula is C13H22N4S. The van der Waals surface area contributed by atoms with Crippen LogP contribution in [0.3, 0.4) is 0 Å². The standard InChI is InChI=1S/C13H22N4S/c1-10-15-16-13(12-9-18-8-7-14-12)17(10)11-5-3-2-4-6-11/h11-12,14H,2-9H2,1H3. The SMILES string of the molecule is Cc1nnc(C2CSCCN2)n1C1CCCCC1. The molecule has 1 unspecified atom stereocenters. The Morgan fingerprint density at radius 1 is 1.22 bits per heavy atom. The van der Waals surface area contributed by atoms with E-state index in [9.17, 15) is 0 Å². The van der Waals surface area contributed by atoms with Gasteiger partial charge >= 0.3 is 0 Å². The molecule has 0 bridgehead atoms. The van der Waals surface area contributed by atoms with Crippen LogP contribution in [-0.4, -0.2) is 32.8 Å². The van der Waals surface area contributed by atoms with Crippen LogP contribution >= 0.6 is 11.8 Å². The van der Waals surface area contributed by atoms with Gasteiger partial charge in [0.05, 0.1) is 6.04 Å². The molecule has 1 aliphatic carbocycles. The first-order valence-corrected chi connectivity index (χ1v) is 8.24. The van der Waals surface area contributed by atoms with Crippen molar-refractivity contribution in [3.8, 4) is 0 Å². The Morgan fingerprint density at radius 3 is 2.78 bits per heavy atom. The van der Waals surface area contributed by atoms with Crippen LogP contribution in [0.15, 0.2) is 0 Å². The second-order valence-electron chi connectivity index (χ2n) is 5.35. The van der Waals surface area contributed by atoms with Gasteiger partial charge in [0.15, 0.2) is 5.82 Å². The summed E-state index contributed by atoms with van der Waals surface area (Å²) in [4.78, 5) is 0. The van der Waals surface area contributed by atoms with Gasteiger partial charge in [-0.1, -0.05) is 19.3 Å². The van der Waals surface area contributed by atoms with Crippen LogP contribution in [0.4, 0.5) is 0 Å². The third kappa shape index (κ3) is 2.43. The summed E-state index contributed by atoms with van der Waals surface area (Å²) in [5.41, 5.74) is 0. The Bertz CT molecular complexity index is 392. The second-order valence-corrected chi connectivity index (χ2v) is 6.50. The van der Waals surface area contributed by atoms with Crippen molar-refractivity contribution in [3.05, 3.63) is 11.6 Å². The second kappa shape index (κ2) is 5.61. The topological polar surface area (TPSA) is 42.7 Å². The largest absolute Gasteiger partial charge is 0.311 e. The molecule has 100 valence electrons. The van der Waals surface area contributed by atoms with E-state index >= 15 is 0 Å². The lowest BCUT2D eigenvalue weighted by atomic mass is 9.95. The summed E-state index contributed by atoms with van der Waals surface area (Å²) in [6.45, 7) is 3.19. The molecule has 3 rings (SSSR count). The van der Waals surface area contributed by atoms with Crippen molar-refractivity contribution >= 4 is 11.8 Å². The maximum Gasteiger partial charge on any atom is 0.151 e. The van der Waals surface area contributed by atoms with Crippen molar-refractivity contribution in [2.24, 2.45) is 0 Å². The highest BCUT2D eigenvalue weighted by atomic mass is 32.2. The molecule has 0 radical (unpaired) electrons. The summed E-state index contributed by atoms with van der Waals surface area (Å²) in [5, 5.41) is 12.4. The molecule has 5 heteroatoms. The summed E-state index contributed by atoms with van der Waals surface area (Å²) < 4.78 is 2.42. The van der Waals surface area contributed by atoms with E-state index in [4.69, 9.17) is 0 Å². The first-order valence-electron chi connectivity index (χ1n) is 7.09. The number of nitrogens with one attached hydrogen (secondary N) is 1. The molecule has 18 heavy (non-hydrogen) atoms. The molecule has 1 saturated heterocycles. The number of aryl methyl sites for hydroxylation is 1. The minimum Gasteiger partial charge on any atom is -0.311 e. The molecule has 1 N–H and O–H groups in total. The highest BCUT2D eigenvalue weighted by Crippen LogP contribution is 2.32. The predicted octanol–water partition coefficient (Wildman–Crippen LogP) is 2.47. The van der Waals surface area contributed by atoms with Crippen LogP contribution in [-0.2, 0) is 0 Å². The Hall–Kier alpha value is -0.550. The number of rotatable bonds is 2. The fraction of sp³-hybridized carbons (Fsp3) is 0.846. The number of thioether (sulfide) groups is 1. The Morgan fingerprint density at radius 2 is 2.06 bits per heavy atom. The van der Waals surface area contributed by atoms with E-state index in [1.807, 2.05) is 11.8 Å². The van der Waals surface area contributed by atoms with Crippen LogP contribution in [0.1, 0.15) is 55.8 Å². The first kappa shape index (κ1) is 12.5. The molecular weight excluding hydrogens is 244 g/mol. The highest BCUT2D eigenvalue weighted by Gasteiger charge is 2.26. The molecule has 0 amide bonds. The lowest BCUT2D eigenvalue weighted by Gasteiger charge is -2.29. The minimum absolute atomic E-state index is 0.395. The lowest BCUT2D eigenvalue weighted by Crippen LogP contribution is -2.33. The van der Waals surface area contributed by atoms with Gasteiger partial charge in [0.2, 0.25) is 0 Å². The average molecular weight is 266 g/mol. The molecule has 1 aromatic rings. The summed E-state index contributed by atoms with van der Waals surface area (Å²) >= 11 is 2.02. The number of aromatic nitrogens is 3. The fourth-order valence-corrected chi connectivity index (χ4v) is 4.08.